The van der Waals surface area contributed by atoms with Crippen LogP contribution >= 0.6 is 11.6 Å². The zero-order valence-electron chi connectivity index (χ0n) is 10.6. The summed E-state index contributed by atoms with van der Waals surface area (Å²) in [4.78, 5) is 3.98. The third-order valence-electron chi connectivity index (χ3n) is 2.91. The number of hydrogen-bond donors (Lipinski definition) is 1. The van der Waals surface area contributed by atoms with Crippen molar-refractivity contribution in [2.45, 2.75) is 19.6 Å². The molecule has 0 aliphatic heterocycles. The van der Waals surface area contributed by atoms with Crippen molar-refractivity contribution in [2.24, 2.45) is 0 Å². The number of alkyl halides is 3. The molecule has 6 heteroatoms. The van der Waals surface area contributed by atoms with Gasteiger partial charge in [0.1, 0.15) is 0 Å². The fourth-order valence-corrected chi connectivity index (χ4v) is 1.89. The topological polar surface area (TPSA) is 24.9 Å². The SMILES string of the molecule is Cc1ccncc1CNc1cc(C(F)(F)F)ccc1Cl. The highest BCUT2D eigenvalue weighted by atomic mass is 35.5. The van der Waals surface area contributed by atoms with Gasteiger partial charge in [-0.25, -0.2) is 0 Å². The number of halogens is 4. The number of hydrogen-bond acceptors (Lipinski definition) is 2. The number of benzene rings is 1. The van der Waals surface area contributed by atoms with E-state index in [4.69, 9.17) is 11.6 Å². The number of nitrogens with one attached hydrogen (secondary N) is 1. The highest BCUT2D eigenvalue weighted by Gasteiger charge is 2.30. The standard InChI is InChI=1S/C14H12ClF3N2/c1-9-4-5-19-7-10(9)8-20-13-6-11(14(16,17)18)2-3-12(13)15/h2-7,20H,8H2,1H3. The Kier molecular flexibility index (Phi) is 4.18. The van der Waals surface area contributed by atoms with Crippen molar-refractivity contribution in [2.75, 3.05) is 5.32 Å². The smallest absolute Gasteiger partial charge is 0.380 e. The van der Waals surface area contributed by atoms with Gasteiger partial charge in [0.05, 0.1) is 16.3 Å². The molecule has 0 fully saturated rings. The third-order valence-corrected chi connectivity index (χ3v) is 3.24. The normalized spacial score (nSPS) is 11.4. The molecule has 2 rings (SSSR count). The molecule has 0 spiro atoms. The van der Waals surface area contributed by atoms with Crippen LogP contribution in [0, 0.1) is 6.92 Å². The Balaban J connectivity index is 2.19. The Morgan fingerprint density at radius 2 is 2.00 bits per heavy atom. The average Bonchev–Trinajstić information content (AvgIpc) is 2.38. The van der Waals surface area contributed by atoms with E-state index < -0.39 is 11.7 Å². The van der Waals surface area contributed by atoms with E-state index >= 15 is 0 Å². The minimum atomic E-state index is -4.38. The quantitative estimate of drug-likeness (QED) is 0.890. The van der Waals surface area contributed by atoms with E-state index in [0.717, 1.165) is 23.3 Å². The van der Waals surface area contributed by atoms with E-state index in [9.17, 15) is 13.2 Å². The first kappa shape index (κ1) is 14.7. The number of pyridine rings is 1. The van der Waals surface area contributed by atoms with E-state index in [-0.39, 0.29) is 10.7 Å². The highest BCUT2D eigenvalue weighted by Crippen LogP contribution is 2.33. The predicted octanol–water partition coefficient (Wildman–Crippen LogP) is 4.67. The molecule has 0 atom stereocenters. The largest absolute Gasteiger partial charge is 0.416 e. The number of aromatic nitrogens is 1. The summed E-state index contributed by atoms with van der Waals surface area (Å²) in [6.07, 6.45) is -1.05. The number of nitrogens with zero attached hydrogens (tertiary/aromatic N) is 1. The predicted molar refractivity (Wildman–Crippen MR) is 72.8 cm³/mol. The van der Waals surface area contributed by atoms with Crippen molar-refractivity contribution >= 4 is 17.3 Å². The maximum atomic E-state index is 12.6. The molecule has 0 unspecified atom stereocenters. The average molecular weight is 301 g/mol. The third kappa shape index (κ3) is 3.42. The first-order valence-electron chi connectivity index (χ1n) is 5.88. The molecule has 0 saturated carbocycles. The van der Waals surface area contributed by atoms with Gasteiger partial charge in [0.15, 0.2) is 0 Å². The molecule has 2 nitrogen and oxygen atoms in total. The van der Waals surface area contributed by atoms with E-state index in [0.29, 0.717) is 6.54 Å². The van der Waals surface area contributed by atoms with Crippen LogP contribution in [0.25, 0.3) is 0 Å². The molecular formula is C14H12ClF3N2. The lowest BCUT2D eigenvalue weighted by Crippen LogP contribution is -2.07. The lowest BCUT2D eigenvalue weighted by Gasteiger charge is -2.13. The molecule has 1 aromatic carbocycles. The fourth-order valence-electron chi connectivity index (χ4n) is 1.71. The summed E-state index contributed by atoms with van der Waals surface area (Å²) in [5.41, 5.74) is 1.44. The van der Waals surface area contributed by atoms with Crippen LogP contribution in [0.15, 0.2) is 36.7 Å². The Morgan fingerprint density at radius 1 is 1.25 bits per heavy atom. The van der Waals surface area contributed by atoms with Gasteiger partial charge < -0.3 is 5.32 Å². The van der Waals surface area contributed by atoms with Gasteiger partial charge in [-0.05, 0) is 42.3 Å². The molecule has 0 radical (unpaired) electrons. The van der Waals surface area contributed by atoms with Crippen molar-refractivity contribution in [3.63, 3.8) is 0 Å². The lowest BCUT2D eigenvalue weighted by molar-refractivity contribution is -0.137. The van der Waals surface area contributed by atoms with Gasteiger partial charge in [0.2, 0.25) is 0 Å². The molecule has 2 aromatic rings. The van der Waals surface area contributed by atoms with Crippen molar-refractivity contribution < 1.29 is 13.2 Å². The molecule has 1 aromatic heterocycles. The molecule has 0 aliphatic carbocycles. The van der Waals surface area contributed by atoms with Crippen LogP contribution in [0.3, 0.4) is 0 Å². The van der Waals surface area contributed by atoms with Crippen LogP contribution in [-0.2, 0) is 12.7 Å². The Morgan fingerprint density at radius 3 is 2.65 bits per heavy atom. The Hall–Kier alpha value is -1.75. The Labute approximate surface area is 119 Å². The molecule has 0 bridgehead atoms. The van der Waals surface area contributed by atoms with Crippen molar-refractivity contribution in [1.82, 2.24) is 4.98 Å². The van der Waals surface area contributed by atoms with Gasteiger partial charge in [0, 0.05) is 18.9 Å². The van der Waals surface area contributed by atoms with E-state index in [1.807, 2.05) is 13.0 Å². The molecule has 1 heterocycles. The second-order valence-corrected chi connectivity index (χ2v) is 4.76. The summed E-state index contributed by atoms with van der Waals surface area (Å²) in [5, 5.41) is 3.16. The van der Waals surface area contributed by atoms with Crippen LogP contribution < -0.4 is 5.32 Å². The van der Waals surface area contributed by atoms with E-state index in [1.165, 1.54) is 6.07 Å². The van der Waals surface area contributed by atoms with Crippen LogP contribution in [-0.4, -0.2) is 4.98 Å². The second kappa shape index (κ2) is 5.71. The summed E-state index contributed by atoms with van der Waals surface area (Å²) in [7, 11) is 0. The molecular weight excluding hydrogens is 289 g/mol. The maximum Gasteiger partial charge on any atom is 0.416 e. The van der Waals surface area contributed by atoms with Gasteiger partial charge in [-0.1, -0.05) is 11.6 Å². The summed E-state index contributed by atoms with van der Waals surface area (Å²) in [5.74, 6) is 0. The fraction of sp³-hybridized carbons (Fsp3) is 0.214. The number of anilines is 1. The summed E-state index contributed by atoms with van der Waals surface area (Å²) >= 11 is 5.91. The highest BCUT2D eigenvalue weighted by molar-refractivity contribution is 6.33. The van der Waals surface area contributed by atoms with Crippen molar-refractivity contribution in [1.29, 1.82) is 0 Å². The van der Waals surface area contributed by atoms with Crippen LogP contribution in [0.2, 0.25) is 5.02 Å². The van der Waals surface area contributed by atoms with E-state index in [2.05, 4.69) is 10.3 Å². The van der Waals surface area contributed by atoms with Gasteiger partial charge in [-0.2, -0.15) is 13.2 Å². The first-order valence-corrected chi connectivity index (χ1v) is 6.26. The zero-order valence-corrected chi connectivity index (χ0v) is 11.4. The van der Waals surface area contributed by atoms with Crippen molar-refractivity contribution in [3.05, 3.63) is 58.4 Å². The second-order valence-electron chi connectivity index (χ2n) is 4.35. The lowest BCUT2D eigenvalue weighted by atomic mass is 10.1. The monoisotopic (exact) mass is 300 g/mol. The van der Waals surface area contributed by atoms with Crippen LogP contribution in [0.1, 0.15) is 16.7 Å². The number of aryl methyl sites for hydroxylation is 1. The molecule has 1 N–H and O–H groups in total. The first-order chi connectivity index (χ1) is 9.38. The van der Waals surface area contributed by atoms with Crippen molar-refractivity contribution in [3.8, 4) is 0 Å². The minimum Gasteiger partial charge on any atom is -0.380 e. The molecule has 0 amide bonds. The van der Waals surface area contributed by atoms with E-state index in [1.54, 1.807) is 12.4 Å². The summed E-state index contributed by atoms with van der Waals surface area (Å²) in [6.45, 7) is 2.27. The van der Waals surface area contributed by atoms with Gasteiger partial charge in [0.25, 0.3) is 0 Å². The molecule has 106 valence electrons. The Bertz CT molecular complexity index is 612. The van der Waals surface area contributed by atoms with Gasteiger partial charge in [-0.3, -0.25) is 4.98 Å². The molecule has 0 saturated heterocycles. The van der Waals surface area contributed by atoms with Crippen LogP contribution in [0.4, 0.5) is 18.9 Å². The maximum absolute atomic E-state index is 12.6. The van der Waals surface area contributed by atoms with Gasteiger partial charge >= 0.3 is 6.18 Å². The summed E-state index contributed by atoms with van der Waals surface area (Å²) < 4.78 is 37.9. The minimum absolute atomic E-state index is 0.250. The molecule has 20 heavy (non-hydrogen) atoms. The number of rotatable bonds is 3. The summed E-state index contributed by atoms with van der Waals surface area (Å²) in [6, 6.07) is 5.05. The van der Waals surface area contributed by atoms with Gasteiger partial charge in [-0.15, -0.1) is 0 Å². The molecule has 0 aliphatic rings. The van der Waals surface area contributed by atoms with Crippen LogP contribution in [0.5, 0.6) is 0 Å². The zero-order chi connectivity index (χ0) is 14.8.